The van der Waals surface area contributed by atoms with Crippen LogP contribution in [0.1, 0.15) is 29.8 Å². The highest BCUT2D eigenvalue weighted by Gasteiger charge is 2.13. The van der Waals surface area contributed by atoms with Gasteiger partial charge in [-0.25, -0.2) is 0 Å². The van der Waals surface area contributed by atoms with Crippen molar-refractivity contribution in [1.82, 2.24) is 5.32 Å². The van der Waals surface area contributed by atoms with Gasteiger partial charge < -0.3 is 5.32 Å². The second-order valence-electron chi connectivity index (χ2n) is 3.61. The number of aryl methyl sites for hydroxylation is 1. The molecule has 0 aromatic carbocycles. The van der Waals surface area contributed by atoms with Crippen molar-refractivity contribution in [1.29, 1.82) is 0 Å². The Morgan fingerprint density at radius 2 is 2.36 bits per heavy atom. The monoisotopic (exact) mass is 273 g/mol. The normalized spacial score (nSPS) is 12.9. The standard InChI is InChI=1S/C11H16BrNS/c1-7(2)5-9(13-4)10-6-8(3)11(12)14-10/h6,9,13H,1,5H2,2-4H3. The first-order valence-corrected chi connectivity index (χ1v) is 6.23. The molecule has 1 nitrogen and oxygen atoms in total. The highest BCUT2D eigenvalue weighted by molar-refractivity contribution is 9.11. The molecule has 0 spiro atoms. The number of halogens is 1. The first-order chi connectivity index (χ1) is 6.54. The summed E-state index contributed by atoms with van der Waals surface area (Å²) in [6.45, 7) is 8.14. The molecule has 1 N–H and O–H groups in total. The van der Waals surface area contributed by atoms with Crippen LogP contribution in [0.4, 0.5) is 0 Å². The molecular formula is C11H16BrNS. The number of hydrogen-bond donors (Lipinski definition) is 1. The molecule has 0 bridgehead atoms. The fourth-order valence-electron chi connectivity index (χ4n) is 1.35. The van der Waals surface area contributed by atoms with E-state index >= 15 is 0 Å². The molecule has 0 aliphatic heterocycles. The smallest absolute Gasteiger partial charge is 0.0731 e. The third kappa shape index (κ3) is 2.94. The van der Waals surface area contributed by atoms with Gasteiger partial charge in [0.2, 0.25) is 0 Å². The minimum absolute atomic E-state index is 0.405. The van der Waals surface area contributed by atoms with Gasteiger partial charge in [0.25, 0.3) is 0 Å². The SMILES string of the molecule is C=C(C)CC(NC)c1cc(C)c(Br)s1. The molecule has 1 heterocycles. The summed E-state index contributed by atoms with van der Waals surface area (Å²) in [7, 11) is 2.00. The lowest BCUT2D eigenvalue weighted by atomic mass is 10.1. The summed E-state index contributed by atoms with van der Waals surface area (Å²) < 4.78 is 1.23. The Balaban J connectivity index is 2.83. The Hall–Kier alpha value is -0.120. The third-order valence-electron chi connectivity index (χ3n) is 2.12. The van der Waals surface area contributed by atoms with Crippen LogP contribution >= 0.6 is 27.3 Å². The first-order valence-electron chi connectivity index (χ1n) is 4.62. The average molecular weight is 274 g/mol. The van der Waals surface area contributed by atoms with Crippen LogP contribution in [0.25, 0.3) is 0 Å². The molecule has 1 rings (SSSR count). The van der Waals surface area contributed by atoms with Gasteiger partial charge in [-0.15, -0.1) is 17.9 Å². The maximum Gasteiger partial charge on any atom is 0.0731 e. The molecule has 0 saturated heterocycles. The van der Waals surface area contributed by atoms with Crippen molar-refractivity contribution in [2.45, 2.75) is 26.3 Å². The Labute approximate surface area is 98.4 Å². The number of nitrogens with one attached hydrogen (secondary N) is 1. The number of hydrogen-bond acceptors (Lipinski definition) is 2. The van der Waals surface area contributed by atoms with Gasteiger partial charge in [-0.1, -0.05) is 5.57 Å². The summed E-state index contributed by atoms with van der Waals surface area (Å²) in [5.74, 6) is 0. The summed E-state index contributed by atoms with van der Waals surface area (Å²) >= 11 is 5.35. The van der Waals surface area contributed by atoms with Gasteiger partial charge in [-0.05, 0) is 54.9 Å². The lowest BCUT2D eigenvalue weighted by Crippen LogP contribution is -2.15. The van der Waals surface area contributed by atoms with Crippen LogP contribution in [0.5, 0.6) is 0 Å². The fourth-order valence-corrected chi connectivity index (χ4v) is 3.03. The second kappa shape index (κ2) is 5.10. The number of rotatable bonds is 4. The molecule has 0 aliphatic rings. The van der Waals surface area contributed by atoms with Crippen LogP contribution in [0.2, 0.25) is 0 Å². The lowest BCUT2D eigenvalue weighted by Gasteiger charge is -2.13. The molecule has 0 radical (unpaired) electrons. The van der Waals surface area contributed by atoms with E-state index < -0.39 is 0 Å². The third-order valence-corrected chi connectivity index (χ3v) is 4.37. The van der Waals surface area contributed by atoms with Gasteiger partial charge in [0.1, 0.15) is 0 Å². The predicted molar refractivity (Wildman–Crippen MR) is 68.0 cm³/mol. The Bertz CT molecular complexity index is 311. The zero-order chi connectivity index (χ0) is 10.7. The van der Waals surface area contributed by atoms with Crippen LogP contribution in [0.15, 0.2) is 22.0 Å². The maximum atomic E-state index is 3.95. The first kappa shape index (κ1) is 12.0. The van der Waals surface area contributed by atoms with Gasteiger partial charge in [-0.3, -0.25) is 0 Å². The van der Waals surface area contributed by atoms with Crippen molar-refractivity contribution in [2.75, 3.05) is 7.05 Å². The van der Waals surface area contributed by atoms with Crippen LogP contribution in [0, 0.1) is 6.92 Å². The van der Waals surface area contributed by atoms with E-state index in [1.54, 1.807) is 11.3 Å². The Morgan fingerprint density at radius 3 is 2.71 bits per heavy atom. The van der Waals surface area contributed by atoms with Crippen molar-refractivity contribution in [3.63, 3.8) is 0 Å². The van der Waals surface area contributed by atoms with Crippen LogP contribution in [-0.2, 0) is 0 Å². The van der Waals surface area contributed by atoms with Crippen molar-refractivity contribution < 1.29 is 0 Å². The molecule has 1 aromatic rings. The molecule has 0 amide bonds. The Kier molecular flexibility index (Phi) is 4.35. The quantitative estimate of drug-likeness (QED) is 0.817. The van der Waals surface area contributed by atoms with Crippen LogP contribution in [-0.4, -0.2) is 7.05 Å². The van der Waals surface area contributed by atoms with Crippen molar-refractivity contribution in [3.8, 4) is 0 Å². The van der Waals surface area contributed by atoms with Crippen molar-refractivity contribution in [3.05, 3.63) is 32.4 Å². The van der Waals surface area contributed by atoms with Gasteiger partial charge in [0, 0.05) is 10.9 Å². The molecule has 14 heavy (non-hydrogen) atoms. The van der Waals surface area contributed by atoms with Gasteiger partial charge >= 0.3 is 0 Å². The van der Waals surface area contributed by atoms with Crippen molar-refractivity contribution >= 4 is 27.3 Å². The molecule has 0 fully saturated rings. The molecule has 78 valence electrons. The topological polar surface area (TPSA) is 12.0 Å². The van der Waals surface area contributed by atoms with Gasteiger partial charge in [0.15, 0.2) is 0 Å². The minimum Gasteiger partial charge on any atom is -0.312 e. The average Bonchev–Trinajstić information content (AvgIpc) is 2.42. The maximum absolute atomic E-state index is 3.95. The molecule has 1 atom stereocenters. The molecule has 0 aliphatic carbocycles. The van der Waals surface area contributed by atoms with Crippen LogP contribution in [0.3, 0.4) is 0 Å². The van der Waals surface area contributed by atoms with Crippen LogP contribution < -0.4 is 5.32 Å². The molecule has 1 aromatic heterocycles. The van der Waals surface area contributed by atoms with Gasteiger partial charge in [-0.2, -0.15) is 0 Å². The molecule has 1 unspecified atom stereocenters. The summed E-state index contributed by atoms with van der Waals surface area (Å²) in [5, 5.41) is 3.32. The van der Waals surface area contributed by atoms with E-state index in [-0.39, 0.29) is 0 Å². The van der Waals surface area contributed by atoms with E-state index in [0.29, 0.717) is 6.04 Å². The zero-order valence-corrected chi connectivity index (χ0v) is 11.3. The molecular weight excluding hydrogens is 258 g/mol. The van der Waals surface area contributed by atoms with E-state index in [1.165, 1.54) is 19.8 Å². The van der Waals surface area contributed by atoms with E-state index in [9.17, 15) is 0 Å². The fraction of sp³-hybridized carbons (Fsp3) is 0.455. The minimum atomic E-state index is 0.405. The van der Waals surface area contributed by atoms with Gasteiger partial charge in [0.05, 0.1) is 3.79 Å². The molecule has 0 saturated carbocycles. The molecule has 3 heteroatoms. The van der Waals surface area contributed by atoms with Crippen molar-refractivity contribution in [2.24, 2.45) is 0 Å². The summed E-state index contributed by atoms with van der Waals surface area (Å²) in [4.78, 5) is 1.37. The largest absolute Gasteiger partial charge is 0.312 e. The van der Waals surface area contributed by atoms with E-state index in [2.05, 4.69) is 47.7 Å². The summed E-state index contributed by atoms with van der Waals surface area (Å²) in [5.41, 5.74) is 2.53. The second-order valence-corrected chi connectivity index (χ2v) is 6.01. The summed E-state index contributed by atoms with van der Waals surface area (Å²) in [6.07, 6.45) is 1.00. The highest BCUT2D eigenvalue weighted by atomic mass is 79.9. The van der Waals surface area contributed by atoms with E-state index in [0.717, 1.165) is 6.42 Å². The summed E-state index contributed by atoms with van der Waals surface area (Å²) in [6, 6.07) is 2.64. The highest BCUT2D eigenvalue weighted by Crippen LogP contribution is 2.33. The zero-order valence-electron chi connectivity index (χ0n) is 8.86. The Morgan fingerprint density at radius 1 is 1.71 bits per heavy atom. The predicted octanol–water partition coefficient (Wildman–Crippen LogP) is 4.05. The lowest BCUT2D eigenvalue weighted by molar-refractivity contribution is 0.599. The van der Waals surface area contributed by atoms with E-state index in [1.807, 2.05) is 7.05 Å². The van der Waals surface area contributed by atoms with E-state index in [4.69, 9.17) is 0 Å². The number of thiophene rings is 1.